The Morgan fingerprint density at radius 2 is 2.38 bits per heavy atom. The highest BCUT2D eigenvalue weighted by molar-refractivity contribution is 5.87. The second kappa shape index (κ2) is 3.35. The minimum Gasteiger partial charge on any atom is -0.377 e. The molecule has 1 aliphatic carbocycles. The molecular formula is C12H12N2O2. The van der Waals surface area contributed by atoms with E-state index in [2.05, 4.69) is 9.97 Å². The minimum absolute atomic E-state index is 0.0415. The molecule has 0 aliphatic heterocycles. The summed E-state index contributed by atoms with van der Waals surface area (Å²) in [7, 11) is 1.68. The maximum Gasteiger partial charge on any atom is 0.257 e. The summed E-state index contributed by atoms with van der Waals surface area (Å²) in [4.78, 5) is 17.7. The molecule has 16 heavy (non-hydrogen) atoms. The molecule has 1 atom stereocenters. The van der Waals surface area contributed by atoms with E-state index in [1.807, 2.05) is 18.2 Å². The highest BCUT2D eigenvalue weighted by atomic mass is 16.5. The Morgan fingerprint density at radius 1 is 1.50 bits per heavy atom. The van der Waals surface area contributed by atoms with Crippen molar-refractivity contribution in [2.75, 3.05) is 7.11 Å². The van der Waals surface area contributed by atoms with Gasteiger partial charge in [-0.25, -0.2) is 0 Å². The van der Waals surface area contributed by atoms with Crippen molar-refractivity contribution in [1.82, 2.24) is 9.97 Å². The molecule has 2 aromatic heterocycles. The first-order valence-electron chi connectivity index (χ1n) is 5.23. The van der Waals surface area contributed by atoms with Crippen LogP contribution in [0.3, 0.4) is 0 Å². The van der Waals surface area contributed by atoms with E-state index in [0.717, 1.165) is 28.6 Å². The number of aromatic amines is 2. The molecule has 4 heteroatoms. The fraction of sp³-hybridized carbons (Fsp3) is 0.250. The van der Waals surface area contributed by atoms with Crippen molar-refractivity contribution >= 4 is 17.0 Å². The number of methoxy groups -OCH3 is 1. The number of ether oxygens (including phenoxy) is 1. The lowest BCUT2D eigenvalue weighted by Crippen LogP contribution is -2.16. The lowest BCUT2D eigenvalue weighted by Gasteiger charge is -2.14. The van der Waals surface area contributed by atoms with E-state index in [0.29, 0.717) is 0 Å². The van der Waals surface area contributed by atoms with Crippen LogP contribution in [0.15, 0.2) is 23.1 Å². The summed E-state index contributed by atoms with van der Waals surface area (Å²) < 4.78 is 5.29. The van der Waals surface area contributed by atoms with Gasteiger partial charge in [0, 0.05) is 25.4 Å². The van der Waals surface area contributed by atoms with E-state index >= 15 is 0 Å². The summed E-state index contributed by atoms with van der Waals surface area (Å²) in [6.07, 6.45) is 6.45. The van der Waals surface area contributed by atoms with Gasteiger partial charge in [0.05, 0.1) is 17.0 Å². The van der Waals surface area contributed by atoms with Gasteiger partial charge in [0.15, 0.2) is 0 Å². The molecule has 1 unspecified atom stereocenters. The molecule has 0 bridgehead atoms. The SMILES string of the molecule is COC1C=Cc2[nH]c3cc[nH]c(=O)c3c2C1. The van der Waals surface area contributed by atoms with Crippen molar-refractivity contribution in [2.24, 2.45) is 0 Å². The first kappa shape index (κ1) is 9.42. The van der Waals surface area contributed by atoms with E-state index in [4.69, 9.17) is 4.74 Å². The molecule has 0 saturated heterocycles. The zero-order valence-electron chi connectivity index (χ0n) is 8.91. The molecule has 3 rings (SSSR count). The third-order valence-corrected chi connectivity index (χ3v) is 3.04. The molecule has 1 aliphatic rings. The molecule has 4 nitrogen and oxygen atoms in total. The van der Waals surface area contributed by atoms with Crippen molar-refractivity contribution in [2.45, 2.75) is 12.5 Å². The smallest absolute Gasteiger partial charge is 0.257 e. The number of hydrogen-bond donors (Lipinski definition) is 2. The van der Waals surface area contributed by atoms with Gasteiger partial charge < -0.3 is 14.7 Å². The molecule has 0 saturated carbocycles. The number of pyridine rings is 1. The molecule has 2 aromatic rings. The summed E-state index contributed by atoms with van der Waals surface area (Å²) in [6.45, 7) is 0. The predicted molar refractivity (Wildman–Crippen MR) is 62.5 cm³/mol. The Labute approximate surface area is 91.9 Å². The highest BCUT2D eigenvalue weighted by Crippen LogP contribution is 2.26. The summed E-state index contributed by atoms with van der Waals surface area (Å²) >= 11 is 0. The Hall–Kier alpha value is -1.81. The molecule has 0 radical (unpaired) electrons. The largest absolute Gasteiger partial charge is 0.377 e. The minimum atomic E-state index is -0.0415. The third kappa shape index (κ3) is 1.23. The maximum absolute atomic E-state index is 11.8. The van der Waals surface area contributed by atoms with Crippen LogP contribution in [0.4, 0.5) is 0 Å². The van der Waals surface area contributed by atoms with E-state index in [-0.39, 0.29) is 11.7 Å². The van der Waals surface area contributed by atoms with Crippen LogP contribution in [-0.2, 0) is 11.2 Å². The molecule has 2 heterocycles. The molecule has 0 fully saturated rings. The zero-order chi connectivity index (χ0) is 11.1. The van der Waals surface area contributed by atoms with E-state index in [9.17, 15) is 4.79 Å². The lowest BCUT2D eigenvalue weighted by molar-refractivity contribution is 0.141. The quantitative estimate of drug-likeness (QED) is 0.757. The second-order valence-electron chi connectivity index (χ2n) is 3.95. The average molecular weight is 216 g/mol. The van der Waals surface area contributed by atoms with E-state index in [1.54, 1.807) is 13.3 Å². The molecule has 0 amide bonds. The van der Waals surface area contributed by atoms with Crippen LogP contribution >= 0.6 is 0 Å². The monoisotopic (exact) mass is 216 g/mol. The van der Waals surface area contributed by atoms with Gasteiger partial charge in [-0.3, -0.25) is 4.79 Å². The van der Waals surface area contributed by atoms with Gasteiger partial charge in [0.2, 0.25) is 0 Å². The maximum atomic E-state index is 11.8. The topological polar surface area (TPSA) is 57.9 Å². The standard InChI is InChI=1S/C12H12N2O2/c1-16-7-2-3-9-8(6-7)11-10(14-9)4-5-13-12(11)15/h2-5,7,14H,6H2,1H3,(H,13,15). The van der Waals surface area contributed by atoms with Crippen LogP contribution in [0.5, 0.6) is 0 Å². The van der Waals surface area contributed by atoms with Crippen LogP contribution in [0.25, 0.3) is 17.0 Å². The number of aromatic nitrogens is 2. The van der Waals surface area contributed by atoms with Gasteiger partial charge in [0.25, 0.3) is 5.56 Å². The predicted octanol–water partition coefficient (Wildman–Crippen LogP) is 1.44. The van der Waals surface area contributed by atoms with Crippen molar-refractivity contribution in [3.05, 3.63) is 40.0 Å². The summed E-state index contributed by atoms with van der Waals surface area (Å²) in [5.74, 6) is 0. The number of nitrogens with one attached hydrogen (secondary N) is 2. The number of fused-ring (bicyclic) bond motifs is 3. The van der Waals surface area contributed by atoms with Gasteiger partial charge in [-0.05, 0) is 17.7 Å². The van der Waals surface area contributed by atoms with E-state index < -0.39 is 0 Å². The van der Waals surface area contributed by atoms with Crippen LogP contribution in [0.2, 0.25) is 0 Å². The Morgan fingerprint density at radius 3 is 3.19 bits per heavy atom. The Balaban J connectivity index is 2.29. The Kier molecular flexibility index (Phi) is 1.97. The molecule has 2 N–H and O–H groups in total. The van der Waals surface area contributed by atoms with Gasteiger partial charge in [0.1, 0.15) is 0 Å². The highest BCUT2D eigenvalue weighted by Gasteiger charge is 2.19. The average Bonchev–Trinajstić information content (AvgIpc) is 2.67. The van der Waals surface area contributed by atoms with Gasteiger partial charge in [-0.2, -0.15) is 0 Å². The fourth-order valence-electron chi connectivity index (χ4n) is 2.23. The first-order valence-corrected chi connectivity index (χ1v) is 5.23. The van der Waals surface area contributed by atoms with Crippen LogP contribution in [0.1, 0.15) is 11.3 Å². The summed E-state index contributed by atoms with van der Waals surface area (Å²) in [6, 6.07) is 1.88. The van der Waals surface area contributed by atoms with Crippen molar-refractivity contribution in [3.8, 4) is 0 Å². The molecule has 0 aromatic carbocycles. The summed E-state index contributed by atoms with van der Waals surface area (Å²) in [5, 5.41) is 0.754. The van der Waals surface area contributed by atoms with Gasteiger partial charge in [-0.15, -0.1) is 0 Å². The van der Waals surface area contributed by atoms with Crippen molar-refractivity contribution in [3.63, 3.8) is 0 Å². The molecular weight excluding hydrogens is 204 g/mol. The number of H-pyrrole nitrogens is 2. The number of hydrogen-bond acceptors (Lipinski definition) is 2. The zero-order valence-corrected chi connectivity index (χ0v) is 8.91. The normalized spacial score (nSPS) is 18.9. The van der Waals surface area contributed by atoms with Crippen LogP contribution < -0.4 is 5.56 Å². The fourth-order valence-corrected chi connectivity index (χ4v) is 2.23. The van der Waals surface area contributed by atoms with Crippen molar-refractivity contribution < 1.29 is 4.74 Å². The molecule has 82 valence electrons. The van der Waals surface area contributed by atoms with E-state index in [1.165, 1.54) is 0 Å². The van der Waals surface area contributed by atoms with Gasteiger partial charge in [-0.1, -0.05) is 6.08 Å². The Bertz CT molecular complexity index is 621. The lowest BCUT2D eigenvalue weighted by atomic mass is 9.99. The van der Waals surface area contributed by atoms with Crippen molar-refractivity contribution in [1.29, 1.82) is 0 Å². The van der Waals surface area contributed by atoms with Crippen LogP contribution in [0, 0.1) is 0 Å². The second-order valence-corrected chi connectivity index (χ2v) is 3.95. The van der Waals surface area contributed by atoms with Crippen LogP contribution in [-0.4, -0.2) is 23.2 Å². The molecule has 0 spiro atoms. The summed E-state index contributed by atoms with van der Waals surface area (Å²) in [5.41, 5.74) is 2.90. The third-order valence-electron chi connectivity index (χ3n) is 3.04. The number of rotatable bonds is 1. The van der Waals surface area contributed by atoms with Gasteiger partial charge >= 0.3 is 0 Å². The first-order chi connectivity index (χ1) is 7.79.